The monoisotopic (exact) mass is 259 g/mol. The summed E-state index contributed by atoms with van der Waals surface area (Å²) < 4.78 is 0. The summed E-state index contributed by atoms with van der Waals surface area (Å²) in [5.74, 6) is 0.665. The van der Waals surface area contributed by atoms with Gasteiger partial charge >= 0.3 is 0 Å². The molecule has 0 aliphatic rings. The number of nitrogens with zero attached hydrogens (tertiary/aromatic N) is 1. The average molecular weight is 259 g/mol. The molecule has 6 heteroatoms. The number of rotatable bonds is 4. The minimum atomic E-state index is -0.145. The molecule has 1 unspecified atom stereocenters. The number of hydrogen-bond acceptors (Lipinski definition) is 4. The standard InChI is InChI=1S/C13H17N5O/c1-8(12-16-5-6-17-12)18-11-7-9(13(19)15-2)3-4-10(11)14/h3-8,18H,14H2,1-2H3,(H,15,19)(H,16,17). The van der Waals surface area contributed by atoms with E-state index < -0.39 is 0 Å². The highest BCUT2D eigenvalue weighted by Gasteiger charge is 2.11. The van der Waals surface area contributed by atoms with Crippen molar-refractivity contribution in [2.75, 3.05) is 18.1 Å². The van der Waals surface area contributed by atoms with Gasteiger partial charge in [-0.2, -0.15) is 0 Å². The average Bonchev–Trinajstić information content (AvgIpc) is 2.94. The Morgan fingerprint density at radius 2 is 2.26 bits per heavy atom. The summed E-state index contributed by atoms with van der Waals surface area (Å²) >= 11 is 0. The van der Waals surface area contributed by atoms with Gasteiger partial charge in [0.05, 0.1) is 17.4 Å². The number of carbonyl (C=O) groups is 1. The van der Waals surface area contributed by atoms with Crippen molar-refractivity contribution in [1.82, 2.24) is 15.3 Å². The quantitative estimate of drug-likeness (QED) is 0.626. The Kier molecular flexibility index (Phi) is 3.70. The van der Waals surface area contributed by atoms with E-state index in [1.165, 1.54) is 0 Å². The van der Waals surface area contributed by atoms with Crippen LogP contribution in [-0.4, -0.2) is 22.9 Å². The highest BCUT2D eigenvalue weighted by molar-refractivity contribution is 5.96. The predicted octanol–water partition coefficient (Wildman–Crippen LogP) is 1.52. The summed E-state index contributed by atoms with van der Waals surface area (Å²) in [4.78, 5) is 18.8. The van der Waals surface area contributed by atoms with Crippen LogP contribution in [0.3, 0.4) is 0 Å². The van der Waals surface area contributed by atoms with E-state index in [2.05, 4.69) is 20.6 Å². The van der Waals surface area contributed by atoms with Gasteiger partial charge in [-0.05, 0) is 25.1 Å². The molecule has 1 amide bonds. The number of hydrogen-bond donors (Lipinski definition) is 4. The molecular formula is C13H17N5O. The van der Waals surface area contributed by atoms with Gasteiger partial charge in [-0.15, -0.1) is 0 Å². The lowest BCUT2D eigenvalue weighted by Gasteiger charge is -2.15. The highest BCUT2D eigenvalue weighted by Crippen LogP contribution is 2.24. The van der Waals surface area contributed by atoms with Gasteiger partial charge < -0.3 is 21.4 Å². The zero-order chi connectivity index (χ0) is 13.8. The van der Waals surface area contributed by atoms with Crippen LogP contribution in [0.25, 0.3) is 0 Å². The molecule has 1 heterocycles. The van der Waals surface area contributed by atoms with Crippen LogP contribution in [0.4, 0.5) is 11.4 Å². The second-order valence-electron chi connectivity index (χ2n) is 4.22. The molecule has 0 bridgehead atoms. The van der Waals surface area contributed by atoms with Crippen molar-refractivity contribution in [2.45, 2.75) is 13.0 Å². The number of nitrogens with one attached hydrogen (secondary N) is 3. The number of aromatic amines is 1. The van der Waals surface area contributed by atoms with Crippen molar-refractivity contribution in [2.24, 2.45) is 0 Å². The van der Waals surface area contributed by atoms with Gasteiger partial charge in [-0.3, -0.25) is 4.79 Å². The van der Waals surface area contributed by atoms with Gasteiger partial charge in [-0.1, -0.05) is 0 Å². The molecule has 19 heavy (non-hydrogen) atoms. The Labute approximate surface area is 111 Å². The molecule has 1 aromatic carbocycles. The van der Waals surface area contributed by atoms with Crippen LogP contribution < -0.4 is 16.4 Å². The summed E-state index contributed by atoms with van der Waals surface area (Å²) in [6.07, 6.45) is 3.45. The fourth-order valence-electron chi connectivity index (χ4n) is 1.78. The molecule has 0 aliphatic carbocycles. The normalized spacial score (nSPS) is 11.9. The van der Waals surface area contributed by atoms with E-state index >= 15 is 0 Å². The fourth-order valence-corrected chi connectivity index (χ4v) is 1.78. The number of nitrogen functional groups attached to an aromatic ring is 1. The molecule has 2 rings (SSSR count). The Hall–Kier alpha value is -2.50. The largest absolute Gasteiger partial charge is 0.397 e. The maximum absolute atomic E-state index is 11.6. The first-order valence-corrected chi connectivity index (χ1v) is 5.99. The fraction of sp³-hybridized carbons (Fsp3) is 0.231. The van der Waals surface area contributed by atoms with Gasteiger partial charge in [0, 0.05) is 25.0 Å². The first-order valence-electron chi connectivity index (χ1n) is 5.99. The van der Waals surface area contributed by atoms with Gasteiger partial charge in [0.1, 0.15) is 5.82 Å². The second kappa shape index (κ2) is 5.43. The molecule has 0 aliphatic heterocycles. The SMILES string of the molecule is CNC(=O)c1ccc(N)c(NC(C)c2ncc[nH]2)c1. The van der Waals surface area contributed by atoms with Crippen LogP contribution in [0.15, 0.2) is 30.6 Å². The second-order valence-corrected chi connectivity index (χ2v) is 4.22. The third-order valence-electron chi connectivity index (χ3n) is 2.84. The van der Waals surface area contributed by atoms with Crippen molar-refractivity contribution in [3.05, 3.63) is 42.0 Å². The van der Waals surface area contributed by atoms with E-state index in [4.69, 9.17) is 5.73 Å². The minimum absolute atomic E-state index is 0.0303. The molecule has 5 N–H and O–H groups in total. The molecule has 1 aromatic heterocycles. The van der Waals surface area contributed by atoms with Crippen molar-refractivity contribution in [3.63, 3.8) is 0 Å². The Balaban J connectivity index is 2.22. The Morgan fingerprint density at radius 3 is 2.89 bits per heavy atom. The number of aromatic nitrogens is 2. The maximum Gasteiger partial charge on any atom is 0.251 e. The zero-order valence-electron chi connectivity index (χ0n) is 10.9. The number of H-pyrrole nitrogens is 1. The topological polar surface area (TPSA) is 95.8 Å². The molecular weight excluding hydrogens is 242 g/mol. The molecule has 0 fully saturated rings. The molecule has 100 valence electrons. The van der Waals surface area contributed by atoms with Crippen molar-refractivity contribution < 1.29 is 4.79 Å². The Bertz CT molecular complexity index is 564. The predicted molar refractivity (Wildman–Crippen MR) is 74.9 cm³/mol. The summed E-state index contributed by atoms with van der Waals surface area (Å²) in [5, 5.41) is 5.82. The molecule has 6 nitrogen and oxygen atoms in total. The minimum Gasteiger partial charge on any atom is -0.397 e. The maximum atomic E-state index is 11.6. The van der Waals surface area contributed by atoms with Gasteiger partial charge in [0.15, 0.2) is 0 Å². The molecule has 0 radical (unpaired) electrons. The first-order chi connectivity index (χ1) is 9.11. The van der Waals surface area contributed by atoms with Gasteiger partial charge in [0.25, 0.3) is 5.91 Å². The van der Waals surface area contributed by atoms with Crippen molar-refractivity contribution in [1.29, 1.82) is 0 Å². The third-order valence-corrected chi connectivity index (χ3v) is 2.84. The zero-order valence-corrected chi connectivity index (χ0v) is 10.9. The van der Waals surface area contributed by atoms with E-state index in [0.717, 1.165) is 5.82 Å². The molecule has 0 spiro atoms. The van der Waals surface area contributed by atoms with Gasteiger partial charge in [0.2, 0.25) is 0 Å². The Morgan fingerprint density at radius 1 is 1.47 bits per heavy atom. The van der Waals surface area contributed by atoms with E-state index in [1.807, 2.05) is 6.92 Å². The van der Waals surface area contributed by atoms with Crippen molar-refractivity contribution in [3.8, 4) is 0 Å². The third kappa shape index (κ3) is 2.85. The van der Waals surface area contributed by atoms with E-state index in [0.29, 0.717) is 16.9 Å². The number of anilines is 2. The highest BCUT2D eigenvalue weighted by atomic mass is 16.1. The number of amides is 1. The van der Waals surface area contributed by atoms with Crippen LogP contribution in [0.5, 0.6) is 0 Å². The van der Waals surface area contributed by atoms with Gasteiger partial charge in [-0.25, -0.2) is 4.98 Å². The molecule has 0 saturated carbocycles. The van der Waals surface area contributed by atoms with Crippen LogP contribution in [0.2, 0.25) is 0 Å². The van der Waals surface area contributed by atoms with Crippen LogP contribution in [0, 0.1) is 0 Å². The summed E-state index contributed by atoms with van der Waals surface area (Å²) in [5.41, 5.74) is 7.77. The number of benzene rings is 1. The molecule has 0 saturated heterocycles. The van der Waals surface area contributed by atoms with E-state index in [-0.39, 0.29) is 11.9 Å². The lowest BCUT2D eigenvalue weighted by atomic mass is 10.1. The number of nitrogens with two attached hydrogens (primary N) is 1. The smallest absolute Gasteiger partial charge is 0.251 e. The molecule has 2 aromatic rings. The van der Waals surface area contributed by atoms with E-state index in [1.54, 1.807) is 37.6 Å². The first kappa shape index (κ1) is 12.9. The van der Waals surface area contributed by atoms with Crippen molar-refractivity contribution >= 4 is 17.3 Å². The lowest BCUT2D eigenvalue weighted by Crippen LogP contribution is -2.18. The molecule has 1 atom stereocenters. The van der Waals surface area contributed by atoms with Crippen LogP contribution >= 0.6 is 0 Å². The number of carbonyl (C=O) groups excluding carboxylic acids is 1. The number of imidazole rings is 1. The van der Waals surface area contributed by atoms with Crippen LogP contribution in [0.1, 0.15) is 29.1 Å². The van der Waals surface area contributed by atoms with Crippen LogP contribution in [-0.2, 0) is 0 Å². The van der Waals surface area contributed by atoms with E-state index in [9.17, 15) is 4.79 Å². The summed E-state index contributed by atoms with van der Waals surface area (Å²) in [7, 11) is 1.59. The summed E-state index contributed by atoms with van der Waals surface area (Å²) in [6.45, 7) is 1.96. The summed E-state index contributed by atoms with van der Waals surface area (Å²) in [6, 6.07) is 5.10. The lowest BCUT2D eigenvalue weighted by molar-refractivity contribution is 0.0963.